The van der Waals surface area contributed by atoms with E-state index in [0.29, 0.717) is 18.3 Å². The third kappa shape index (κ3) is 3.11. The highest BCUT2D eigenvalue weighted by atomic mass is 16.4. The molecule has 1 unspecified atom stereocenters. The molecule has 0 aromatic carbocycles. The summed E-state index contributed by atoms with van der Waals surface area (Å²) in [6.07, 6.45) is 3.99. The minimum absolute atomic E-state index is 0.247. The van der Waals surface area contributed by atoms with Crippen LogP contribution < -0.4 is 5.32 Å². The molecule has 1 aliphatic rings. The van der Waals surface area contributed by atoms with Crippen LogP contribution in [0.15, 0.2) is 16.7 Å². The number of nitrogens with zero attached hydrogens (tertiary/aromatic N) is 1. The molecule has 2 rings (SSSR count). The molecule has 100 valence electrons. The van der Waals surface area contributed by atoms with Crippen LogP contribution >= 0.6 is 0 Å². The maximum Gasteiger partial charge on any atom is 0.339 e. The first kappa shape index (κ1) is 13.1. The van der Waals surface area contributed by atoms with Crippen molar-refractivity contribution in [1.29, 1.82) is 0 Å². The number of furan rings is 1. The Morgan fingerprint density at radius 2 is 2.28 bits per heavy atom. The third-order valence-corrected chi connectivity index (χ3v) is 3.47. The number of aromatic carboxylic acids is 1. The zero-order valence-corrected chi connectivity index (χ0v) is 10.7. The molecule has 0 radical (unpaired) electrons. The molecule has 0 saturated carbocycles. The highest BCUT2D eigenvalue weighted by Crippen LogP contribution is 2.12. The number of hydrogen-bond acceptors (Lipinski definition) is 4. The highest BCUT2D eigenvalue weighted by Gasteiger charge is 2.18. The molecule has 5 nitrogen and oxygen atoms in total. The van der Waals surface area contributed by atoms with E-state index in [1.165, 1.54) is 38.3 Å². The summed E-state index contributed by atoms with van der Waals surface area (Å²) in [4.78, 5) is 13.3. The summed E-state index contributed by atoms with van der Waals surface area (Å²) < 4.78 is 5.18. The molecular weight excluding hydrogens is 232 g/mol. The summed E-state index contributed by atoms with van der Waals surface area (Å²) in [6, 6.07) is 1.97. The Hall–Kier alpha value is -1.33. The van der Waals surface area contributed by atoms with E-state index in [1.54, 1.807) is 0 Å². The van der Waals surface area contributed by atoms with Gasteiger partial charge in [0.2, 0.25) is 0 Å². The topological polar surface area (TPSA) is 65.7 Å². The Bertz CT molecular complexity index is 397. The molecule has 0 bridgehead atoms. The van der Waals surface area contributed by atoms with Crippen molar-refractivity contribution < 1.29 is 14.3 Å². The molecule has 1 atom stereocenters. The largest absolute Gasteiger partial charge is 0.478 e. The fraction of sp³-hybridized carbons (Fsp3) is 0.615. The van der Waals surface area contributed by atoms with Crippen LogP contribution in [0.5, 0.6) is 0 Å². The standard InChI is InChI=1S/C13H20N2O3/c1-10(15-5-2-3-6-15)8-14-9-12-11(13(16)17)4-7-18-12/h4,7,10,14H,2-3,5-6,8-9H2,1H3,(H,16,17). The van der Waals surface area contributed by atoms with E-state index >= 15 is 0 Å². The highest BCUT2D eigenvalue weighted by molar-refractivity contribution is 5.88. The van der Waals surface area contributed by atoms with Gasteiger partial charge >= 0.3 is 5.97 Å². The molecule has 0 aliphatic carbocycles. The van der Waals surface area contributed by atoms with Crippen LogP contribution in [0.1, 0.15) is 35.9 Å². The van der Waals surface area contributed by atoms with Crippen LogP contribution in [0.2, 0.25) is 0 Å². The van der Waals surface area contributed by atoms with E-state index in [9.17, 15) is 4.79 Å². The molecule has 1 aliphatic heterocycles. The summed E-state index contributed by atoms with van der Waals surface area (Å²) in [5.41, 5.74) is 0.247. The van der Waals surface area contributed by atoms with Crippen molar-refractivity contribution in [3.63, 3.8) is 0 Å². The van der Waals surface area contributed by atoms with Gasteiger partial charge in [-0.25, -0.2) is 4.79 Å². The van der Waals surface area contributed by atoms with Gasteiger partial charge in [0, 0.05) is 12.6 Å². The van der Waals surface area contributed by atoms with E-state index in [0.717, 1.165) is 6.54 Å². The molecule has 2 N–H and O–H groups in total. The third-order valence-electron chi connectivity index (χ3n) is 3.47. The van der Waals surface area contributed by atoms with Gasteiger partial charge < -0.3 is 14.8 Å². The molecule has 2 heterocycles. The molecule has 1 fully saturated rings. The molecule has 1 aromatic heterocycles. The van der Waals surface area contributed by atoms with Crippen molar-refractivity contribution >= 4 is 5.97 Å². The number of carbonyl (C=O) groups is 1. The molecule has 1 saturated heterocycles. The lowest BCUT2D eigenvalue weighted by Crippen LogP contribution is -2.38. The lowest BCUT2D eigenvalue weighted by Gasteiger charge is -2.23. The predicted molar refractivity (Wildman–Crippen MR) is 67.6 cm³/mol. The minimum atomic E-state index is -0.937. The summed E-state index contributed by atoms with van der Waals surface area (Å²) in [5, 5.41) is 12.2. The number of rotatable bonds is 6. The average Bonchev–Trinajstić information content (AvgIpc) is 2.99. The van der Waals surface area contributed by atoms with Crippen LogP contribution in [0.25, 0.3) is 0 Å². The Morgan fingerprint density at radius 1 is 1.56 bits per heavy atom. The molecular formula is C13H20N2O3. The number of carboxylic acid groups (broad SMARTS) is 1. The molecule has 18 heavy (non-hydrogen) atoms. The summed E-state index contributed by atoms with van der Waals surface area (Å²) in [6.45, 7) is 5.85. The average molecular weight is 252 g/mol. The Kier molecular flexibility index (Phi) is 4.38. The first-order valence-corrected chi connectivity index (χ1v) is 6.43. The van der Waals surface area contributed by atoms with E-state index < -0.39 is 5.97 Å². The van der Waals surface area contributed by atoms with Gasteiger partial charge in [-0.15, -0.1) is 0 Å². The van der Waals surface area contributed by atoms with Gasteiger partial charge in [-0.1, -0.05) is 0 Å². The van der Waals surface area contributed by atoms with Crippen LogP contribution in [-0.4, -0.2) is 41.7 Å². The van der Waals surface area contributed by atoms with E-state index in [1.807, 2.05) is 0 Å². The van der Waals surface area contributed by atoms with Crippen molar-refractivity contribution in [2.75, 3.05) is 19.6 Å². The second-order valence-electron chi connectivity index (χ2n) is 4.79. The van der Waals surface area contributed by atoms with E-state index in [4.69, 9.17) is 9.52 Å². The monoisotopic (exact) mass is 252 g/mol. The van der Waals surface area contributed by atoms with Gasteiger partial charge in [0.1, 0.15) is 11.3 Å². The van der Waals surface area contributed by atoms with E-state index in [-0.39, 0.29) is 5.56 Å². The molecule has 0 spiro atoms. The first-order chi connectivity index (χ1) is 8.68. The fourth-order valence-corrected chi connectivity index (χ4v) is 2.37. The van der Waals surface area contributed by atoms with Crippen molar-refractivity contribution in [3.8, 4) is 0 Å². The summed E-state index contributed by atoms with van der Waals surface area (Å²) in [7, 11) is 0. The van der Waals surface area contributed by atoms with Crippen LogP contribution in [0.4, 0.5) is 0 Å². The lowest BCUT2D eigenvalue weighted by molar-refractivity contribution is 0.0694. The molecule has 1 aromatic rings. The van der Waals surface area contributed by atoms with Crippen LogP contribution in [0, 0.1) is 0 Å². The fourth-order valence-electron chi connectivity index (χ4n) is 2.37. The second kappa shape index (κ2) is 6.02. The maximum atomic E-state index is 10.9. The van der Waals surface area contributed by atoms with Crippen LogP contribution in [-0.2, 0) is 6.54 Å². The zero-order valence-electron chi connectivity index (χ0n) is 10.7. The van der Waals surface area contributed by atoms with Gasteiger partial charge in [-0.2, -0.15) is 0 Å². The summed E-state index contributed by atoms with van der Waals surface area (Å²) in [5.74, 6) is -0.440. The zero-order chi connectivity index (χ0) is 13.0. The number of carboxylic acids is 1. The quantitative estimate of drug-likeness (QED) is 0.804. The Balaban J connectivity index is 1.77. The first-order valence-electron chi connectivity index (χ1n) is 6.43. The van der Waals surface area contributed by atoms with Gasteiger partial charge in [-0.3, -0.25) is 4.90 Å². The van der Waals surface area contributed by atoms with Crippen LogP contribution in [0.3, 0.4) is 0 Å². The van der Waals surface area contributed by atoms with Gasteiger partial charge in [-0.05, 0) is 38.9 Å². The number of hydrogen-bond donors (Lipinski definition) is 2. The predicted octanol–water partition coefficient (Wildman–Crippen LogP) is 1.55. The molecule has 5 heteroatoms. The second-order valence-corrected chi connectivity index (χ2v) is 4.79. The van der Waals surface area contributed by atoms with E-state index in [2.05, 4.69) is 17.1 Å². The van der Waals surface area contributed by atoms with Crippen molar-refractivity contribution in [2.24, 2.45) is 0 Å². The van der Waals surface area contributed by atoms with Crippen molar-refractivity contribution in [2.45, 2.75) is 32.4 Å². The van der Waals surface area contributed by atoms with Crippen molar-refractivity contribution in [1.82, 2.24) is 10.2 Å². The Labute approximate surface area is 107 Å². The number of nitrogens with one attached hydrogen (secondary N) is 1. The molecule has 0 amide bonds. The van der Waals surface area contributed by atoms with Gasteiger partial charge in [0.05, 0.1) is 12.8 Å². The van der Waals surface area contributed by atoms with Gasteiger partial charge in [0.15, 0.2) is 0 Å². The lowest BCUT2D eigenvalue weighted by atomic mass is 10.2. The van der Waals surface area contributed by atoms with Crippen molar-refractivity contribution in [3.05, 3.63) is 23.7 Å². The minimum Gasteiger partial charge on any atom is -0.478 e. The summed E-state index contributed by atoms with van der Waals surface area (Å²) >= 11 is 0. The SMILES string of the molecule is CC(CNCc1occc1C(=O)O)N1CCCC1. The smallest absolute Gasteiger partial charge is 0.339 e. The number of likely N-dealkylation sites (tertiary alicyclic amines) is 1. The normalized spacial score (nSPS) is 18.1. The Morgan fingerprint density at radius 3 is 2.94 bits per heavy atom. The maximum absolute atomic E-state index is 10.9. The van der Waals surface area contributed by atoms with Gasteiger partial charge in [0.25, 0.3) is 0 Å².